The lowest BCUT2D eigenvalue weighted by atomic mass is 9.97. The summed E-state index contributed by atoms with van der Waals surface area (Å²) in [5.41, 5.74) is -2.70. The van der Waals surface area contributed by atoms with Gasteiger partial charge in [0.15, 0.2) is 34.7 Å². The number of aliphatic hydroxyl groups excluding tert-OH is 3. The molecule has 18 heteroatoms. The van der Waals surface area contributed by atoms with Crippen molar-refractivity contribution in [2.45, 2.75) is 56.1 Å². The largest absolute Gasteiger partial charge is 0.493 e. The molecular formula is C34H42O18. The molecule has 52 heavy (non-hydrogen) atoms. The second-order valence-corrected chi connectivity index (χ2v) is 11.7. The van der Waals surface area contributed by atoms with Crippen LogP contribution in [-0.2, 0) is 23.8 Å². The molecule has 4 N–H and O–H groups in total. The molecule has 1 aliphatic rings. The summed E-state index contributed by atoms with van der Waals surface area (Å²) >= 11 is 0. The van der Waals surface area contributed by atoms with Gasteiger partial charge in [0, 0.05) is 5.56 Å². The van der Waals surface area contributed by atoms with Crippen LogP contribution in [0.2, 0.25) is 0 Å². The number of hydrogen-bond donors (Lipinski definition) is 4. The summed E-state index contributed by atoms with van der Waals surface area (Å²) in [6.07, 6.45) is -10.3. The lowest BCUT2D eigenvalue weighted by molar-refractivity contribution is -0.282. The predicted octanol–water partition coefficient (Wildman–Crippen LogP) is 0.945. The summed E-state index contributed by atoms with van der Waals surface area (Å²) in [4.78, 5) is 38.9. The van der Waals surface area contributed by atoms with Crippen LogP contribution in [0.4, 0.5) is 0 Å². The number of ether oxygens (including phenoxy) is 10. The number of carbonyl (C=O) groups is 2. The number of aliphatic hydroxyl groups is 4. The third-order valence-electron chi connectivity index (χ3n) is 8.19. The molecule has 2 heterocycles. The second-order valence-electron chi connectivity index (χ2n) is 11.7. The van der Waals surface area contributed by atoms with E-state index in [9.17, 15) is 34.8 Å². The summed E-state index contributed by atoms with van der Waals surface area (Å²) in [6.45, 7) is 0.333. The Morgan fingerprint density at radius 1 is 0.788 bits per heavy atom. The monoisotopic (exact) mass is 738 g/mol. The summed E-state index contributed by atoms with van der Waals surface area (Å²) in [7, 11) is 9.18. The Bertz CT molecular complexity index is 1810. The number of benzene rings is 2. The maximum Gasteiger partial charge on any atom is 0.309 e. The van der Waals surface area contributed by atoms with Crippen molar-refractivity contribution in [2.75, 3.05) is 56.4 Å². The fourth-order valence-corrected chi connectivity index (χ4v) is 5.70. The molecule has 3 aromatic rings. The van der Waals surface area contributed by atoms with E-state index >= 15 is 0 Å². The van der Waals surface area contributed by atoms with E-state index in [0.29, 0.717) is 5.75 Å². The quantitative estimate of drug-likeness (QED) is 0.159. The van der Waals surface area contributed by atoms with Crippen molar-refractivity contribution in [3.8, 4) is 51.6 Å². The molecule has 0 aliphatic carbocycles. The van der Waals surface area contributed by atoms with Gasteiger partial charge in [0.1, 0.15) is 23.7 Å². The van der Waals surface area contributed by atoms with Gasteiger partial charge in [0.05, 0.1) is 74.8 Å². The molecule has 1 fully saturated rings. The van der Waals surface area contributed by atoms with Crippen molar-refractivity contribution in [1.29, 1.82) is 0 Å². The van der Waals surface area contributed by atoms with E-state index in [-0.39, 0.29) is 51.0 Å². The zero-order valence-electron chi connectivity index (χ0n) is 29.7. The van der Waals surface area contributed by atoms with Crippen LogP contribution < -0.4 is 38.6 Å². The van der Waals surface area contributed by atoms with E-state index in [4.69, 9.17) is 47.0 Å². The smallest absolute Gasteiger partial charge is 0.309 e. The normalized spacial score (nSPS) is 21.0. The fraction of sp³-hybridized carbons (Fsp3) is 0.500. The molecule has 2 aromatic carbocycles. The van der Waals surface area contributed by atoms with Crippen molar-refractivity contribution in [3.63, 3.8) is 0 Å². The van der Waals surface area contributed by atoms with Gasteiger partial charge in [-0.3, -0.25) is 14.4 Å². The molecule has 4 rings (SSSR count). The summed E-state index contributed by atoms with van der Waals surface area (Å²) in [5.74, 6) is -2.25. The number of methoxy groups -OCH3 is 7. The zero-order chi connectivity index (χ0) is 38.5. The van der Waals surface area contributed by atoms with Crippen LogP contribution in [0.5, 0.6) is 40.2 Å². The molecule has 1 unspecified atom stereocenters. The molecular weight excluding hydrogens is 696 g/mol. The first-order chi connectivity index (χ1) is 24.7. The first-order valence-electron chi connectivity index (χ1n) is 15.6. The standard InChI is InChI=1S/C34H42O18/c1-34(41,12-19(36)44-4)13-20(37)50-26-18(14-35)49-33(24(40)23(26)39)52-29-22(38)21-27(45-5)30(46-6)32(48-8)31(47-7)28(21)51-25(29)15-9-10-16(42-2)17(11-15)43-3/h9-11,18,23-24,26,33,35,39-41H,12-14H2,1-8H3/t18-,23-,24-,26-,33+,34?/m1/s1. The number of esters is 2. The van der Waals surface area contributed by atoms with Gasteiger partial charge < -0.3 is 72.2 Å². The highest BCUT2D eigenvalue weighted by Gasteiger charge is 2.49. The molecule has 1 saturated heterocycles. The minimum atomic E-state index is -2.01. The van der Waals surface area contributed by atoms with Crippen LogP contribution in [0.15, 0.2) is 27.4 Å². The van der Waals surface area contributed by atoms with Gasteiger partial charge in [-0.1, -0.05) is 0 Å². The van der Waals surface area contributed by atoms with Gasteiger partial charge in [-0.2, -0.15) is 0 Å². The van der Waals surface area contributed by atoms with Gasteiger partial charge in [-0.05, 0) is 25.1 Å². The molecule has 286 valence electrons. The van der Waals surface area contributed by atoms with E-state index in [0.717, 1.165) is 7.11 Å². The number of fused-ring (bicyclic) bond motifs is 1. The van der Waals surface area contributed by atoms with Crippen molar-refractivity contribution < 1.29 is 81.8 Å². The van der Waals surface area contributed by atoms with Crippen LogP contribution in [0.1, 0.15) is 19.8 Å². The topological polar surface area (TPSA) is 238 Å². The molecule has 0 saturated carbocycles. The minimum absolute atomic E-state index is 0.0218. The van der Waals surface area contributed by atoms with E-state index in [1.807, 2.05) is 0 Å². The maximum atomic E-state index is 14.5. The number of rotatable bonds is 15. The Hall–Kier alpha value is -5.01. The highest BCUT2D eigenvalue weighted by Crippen LogP contribution is 2.52. The van der Waals surface area contributed by atoms with Crippen LogP contribution in [-0.4, -0.2) is 125 Å². The van der Waals surface area contributed by atoms with E-state index in [1.54, 1.807) is 0 Å². The number of carbonyl (C=O) groups excluding carboxylic acids is 2. The van der Waals surface area contributed by atoms with Gasteiger partial charge >= 0.3 is 11.9 Å². The lowest BCUT2D eigenvalue weighted by Crippen LogP contribution is -2.61. The van der Waals surface area contributed by atoms with Crippen LogP contribution in [0.25, 0.3) is 22.3 Å². The van der Waals surface area contributed by atoms with Gasteiger partial charge in [0.2, 0.25) is 34.7 Å². The Labute approximate surface area is 297 Å². The third-order valence-corrected chi connectivity index (χ3v) is 8.19. The van der Waals surface area contributed by atoms with Crippen LogP contribution in [0, 0.1) is 0 Å². The maximum absolute atomic E-state index is 14.5. The Morgan fingerprint density at radius 3 is 1.94 bits per heavy atom. The van der Waals surface area contributed by atoms with Crippen molar-refractivity contribution in [1.82, 2.24) is 0 Å². The van der Waals surface area contributed by atoms with Gasteiger partial charge in [-0.15, -0.1) is 0 Å². The highest BCUT2D eigenvalue weighted by molar-refractivity contribution is 5.97. The van der Waals surface area contributed by atoms with Gasteiger partial charge in [-0.25, -0.2) is 0 Å². The van der Waals surface area contributed by atoms with Crippen molar-refractivity contribution in [2.24, 2.45) is 0 Å². The minimum Gasteiger partial charge on any atom is -0.493 e. The van der Waals surface area contributed by atoms with Crippen LogP contribution in [0.3, 0.4) is 0 Å². The lowest BCUT2D eigenvalue weighted by Gasteiger charge is -2.41. The fourth-order valence-electron chi connectivity index (χ4n) is 5.70. The van der Waals surface area contributed by atoms with Crippen molar-refractivity contribution in [3.05, 3.63) is 28.4 Å². The van der Waals surface area contributed by atoms with E-state index in [2.05, 4.69) is 4.74 Å². The zero-order valence-corrected chi connectivity index (χ0v) is 29.7. The Kier molecular flexibility index (Phi) is 12.7. The molecule has 0 spiro atoms. The average Bonchev–Trinajstić information content (AvgIpc) is 3.13. The van der Waals surface area contributed by atoms with E-state index in [1.165, 1.54) is 67.8 Å². The molecule has 18 nitrogen and oxygen atoms in total. The third kappa shape index (κ3) is 7.75. The van der Waals surface area contributed by atoms with E-state index < -0.39 is 78.9 Å². The first-order valence-corrected chi connectivity index (χ1v) is 15.6. The highest BCUT2D eigenvalue weighted by atomic mass is 16.7. The Morgan fingerprint density at radius 2 is 1.38 bits per heavy atom. The SMILES string of the molecule is COC(=O)CC(C)(O)CC(=O)O[C@H]1[C@H](O)[C@@H](O)[C@H](Oc2c(-c3ccc(OC)c(OC)c3)oc3c(OC)c(OC)c(OC)c(OC)c3c2=O)O[C@@H]1CO. The second kappa shape index (κ2) is 16.6. The van der Waals surface area contributed by atoms with Crippen molar-refractivity contribution >= 4 is 22.9 Å². The first kappa shape index (κ1) is 39.8. The average molecular weight is 739 g/mol. The predicted molar refractivity (Wildman–Crippen MR) is 177 cm³/mol. The molecule has 6 atom stereocenters. The Balaban J connectivity index is 1.84. The van der Waals surface area contributed by atoms with Gasteiger partial charge in [0.25, 0.3) is 0 Å². The summed E-state index contributed by atoms with van der Waals surface area (Å²) in [5, 5.41) is 42.7. The number of hydrogen-bond acceptors (Lipinski definition) is 18. The summed E-state index contributed by atoms with van der Waals surface area (Å²) in [6, 6.07) is 4.54. The molecule has 0 bridgehead atoms. The summed E-state index contributed by atoms with van der Waals surface area (Å²) < 4.78 is 60.8. The molecule has 0 amide bonds. The molecule has 1 aliphatic heterocycles. The van der Waals surface area contributed by atoms with Crippen LogP contribution >= 0.6 is 0 Å². The molecule has 0 radical (unpaired) electrons. The molecule has 1 aromatic heterocycles.